The van der Waals surface area contributed by atoms with Gasteiger partial charge in [0.05, 0.1) is 25.7 Å². The Hall–Kier alpha value is -2.30. The number of Topliss-reactive ketones (excluding diaryl/α,β-unsaturated/α-hetero) is 1. The molecule has 1 aliphatic rings. The fourth-order valence-electron chi connectivity index (χ4n) is 2.57. The highest BCUT2D eigenvalue weighted by molar-refractivity contribution is 6.06. The van der Waals surface area contributed by atoms with Crippen molar-refractivity contribution in [2.75, 3.05) is 14.2 Å². The summed E-state index contributed by atoms with van der Waals surface area (Å²) in [5.74, 6) is -1.10. The molecule has 0 radical (unpaired) electrons. The van der Waals surface area contributed by atoms with Crippen LogP contribution in [0.4, 0.5) is 0 Å². The fraction of sp³-hybridized carbons (Fsp3) is 0.375. The molecule has 0 saturated carbocycles. The number of ketones is 1. The van der Waals surface area contributed by atoms with Crippen molar-refractivity contribution in [1.29, 1.82) is 0 Å². The van der Waals surface area contributed by atoms with E-state index in [1.165, 1.54) is 14.2 Å². The maximum Gasteiger partial charge on any atom is 0.313 e. The number of rotatable bonds is 4. The zero-order valence-electron chi connectivity index (χ0n) is 12.3. The van der Waals surface area contributed by atoms with Gasteiger partial charge in [-0.1, -0.05) is 13.0 Å². The zero-order valence-corrected chi connectivity index (χ0v) is 12.3. The van der Waals surface area contributed by atoms with Crippen LogP contribution in [0.1, 0.15) is 24.5 Å². The molecule has 1 aliphatic carbocycles. The minimum atomic E-state index is -0.761. The molecule has 1 aromatic carbocycles. The summed E-state index contributed by atoms with van der Waals surface area (Å²) in [6.45, 7) is 1.69. The molecule has 0 amide bonds. The SMILES string of the molecule is CCC(=O)C1=C(O)c2cc(OC)ccc2CC1C(=O)OC. The number of esters is 1. The Balaban J connectivity index is 2.60. The topological polar surface area (TPSA) is 72.8 Å². The van der Waals surface area contributed by atoms with Crippen LogP contribution >= 0.6 is 0 Å². The highest BCUT2D eigenvalue weighted by Gasteiger charge is 2.36. The van der Waals surface area contributed by atoms with Gasteiger partial charge in [-0.15, -0.1) is 0 Å². The molecule has 0 saturated heterocycles. The number of carbonyl (C=O) groups excluding carboxylic acids is 2. The van der Waals surface area contributed by atoms with E-state index >= 15 is 0 Å². The molecule has 0 aromatic heterocycles. The normalized spacial score (nSPS) is 17.2. The average molecular weight is 290 g/mol. The lowest BCUT2D eigenvalue weighted by molar-refractivity contribution is -0.145. The molecule has 0 fully saturated rings. The Kier molecular flexibility index (Phi) is 4.31. The zero-order chi connectivity index (χ0) is 15.6. The lowest BCUT2D eigenvalue weighted by atomic mass is 9.80. The average Bonchev–Trinajstić information content (AvgIpc) is 2.52. The van der Waals surface area contributed by atoms with Crippen LogP contribution in [0.2, 0.25) is 0 Å². The van der Waals surface area contributed by atoms with Crippen molar-refractivity contribution in [3.8, 4) is 5.75 Å². The Morgan fingerprint density at radius 2 is 2.05 bits per heavy atom. The Morgan fingerprint density at radius 3 is 2.62 bits per heavy atom. The minimum absolute atomic E-state index is 0.130. The summed E-state index contributed by atoms with van der Waals surface area (Å²) in [5, 5.41) is 10.5. The van der Waals surface area contributed by atoms with Crippen LogP contribution in [0.3, 0.4) is 0 Å². The van der Waals surface area contributed by atoms with Crippen LogP contribution in [-0.4, -0.2) is 31.1 Å². The summed E-state index contributed by atoms with van der Waals surface area (Å²) in [7, 11) is 2.80. The van der Waals surface area contributed by atoms with Gasteiger partial charge in [0.2, 0.25) is 0 Å². The summed E-state index contributed by atoms with van der Waals surface area (Å²) in [6, 6.07) is 5.21. The minimum Gasteiger partial charge on any atom is -0.507 e. The second-order valence-corrected chi connectivity index (χ2v) is 4.84. The molecule has 1 aromatic rings. The first kappa shape index (κ1) is 15.1. The van der Waals surface area contributed by atoms with Crippen molar-refractivity contribution >= 4 is 17.5 Å². The first-order chi connectivity index (χ1) is 10.0. The van der Waals surface area contributed by atoms with Crippen LogP contribution in [0.15, 0.2) is 23.8 Å². The number of methoxy groups -OCH3 is 2. The van der Waals surface area contributed by atoms with Crippen molar-refractivity contribution in [2.45, 2.75) is 19.8 Å². The van der Waals surface area contributed by atoms with E-state index in [9.17, 15) is 14.7 Å². The van der Waals surface area contributed by atoms with Crippen LogP contribution in [0.5, 0.6) is 5.75 Å². The molecule has 1 unspecified atom stereocenters. The van der Waals surface area contributed by atoms with E-state index in [-0.39, 0.29) is 23.5 Å². The lowest BCUT2D eigenvalue weighted by Gasteiger charge is -2.25. The third-order valence-corrected chi connectivity index (χ3v) is 3.71. The van der Waals surface area contributed by atoms with E-state index in [0.29, 0.717) is 17.7 Å². The largest absolute Gasteiger partial charge is 0.507 e. The van der Waals surface area contributed by atoms with E-state index in [0.717, 1.165) is 5.56 Å². The second-order valence-electron chi connectivity index (χ2n) is 4.84. The van der Waals surface area contributed by atoms with E-state index < -0.39 is 11.9 Å². The number of aliphatic hydroxyl groups is 1. The maximum absolute atomic E-state index is 12.1. The van der Waals surface area contributed by atoms with Gasteiger partial charge >= 0.3 is 5.97 Å². The van der Waals surface area contributed by atoms with Crippen molar-refractivity contribution in [1.82, 2.24) is 0 Å². The molecule has 0 aliphatic heterocycles. The van der Waals surface area contributed by atoms with Gasteiger partial charge in [-0.3, -0.25) is 9.59 Å². The van der Waals surface area contributed by atoms with Crippen molar-refractivity contribution in [2.24, 2.45) is 5.92 Å². The second kappa shape index (κ2) is 5.99. The number of hydrogen-bond acceptors (Lipinski definition) is 5. The predicted octanol–water partition coefficient (Wildman–Crippen LogP) is 2.29. The third kappa shape index (κ3) is 2.63. The molecule has 2 rings (SSSR count). The Bertz CT molecular complexity index is 615. The lowest BCUT2D eigenvalue weighted by Crippen LogP contribution is -2.29. The van der Waals surface area contributed by atoms with Gasteiger partial charge in [-0.2, -0.15) is 0 Å². The van der Waals surface area contributed by atoms with Crippen molar-refractivity contribution in [3.63, 3.8) is 0 Å². The van der Waals surface area contributed by atoms with Gasteiger partial charge < -0.3 is 14.6 Å². The first-order valence-electron chi connectivity index (χ1n) is 6.74. The van der Waals surface area contributed by atoms with Gasteiger partial charge in [0.15, 0.2) is 5.78 Å². The summed E-state index contributed by atoms with van der Waals surface area (Å²) < 4.78 is 9.90. The Labute approximate surface area is 123 Å². The smallest absolute Gasteiger partial charge is 0.313 e. The summed E-state index contributed by atoms with van der Waals surface area (Å²) >= 11 is 0. The third-order valence-electron chi connectivity index (χ3n) is 3.71. The molecule has 0 bridgehead atoms. The van der Waals surface area contributed by atoms with E-state index in [1.807, 2.05) is 0 Å². The molecule has 21 heavy (non-hydrogen) atoms. The van der Waals surface area contributed by atoms with Crippen LogP contribution in [-0.2, 0) is 20.7 Å². The summed E-state index contributed by atoms with van der Waals surface area (Å²) in [4.78, 5) is 24.0. The molecule has 112 valence electrons. The quantitative estimate of drug-likeness (QED) is 0.861. The van der Waals surface area contributed by atoms with Gasteiger partial charge in [0, 0.05) is 12.0 Å². The van der Waals surface area contributed by atoms with Gasteiger partial charge in [-0.25, -0.2) is 0 Å². The Morgan fingerprint density at radius 1 is 1.33 bits per heavy atom. The summed E-state index contributed by atoms with van der Waals surface area (Å²) in [5.41, 5.74) is 1.45. The summed E-state index contributed by atoms with van der Waals surface area (Å²) in [6.07, 6.45) is 0.545. The van der Waals surface area contributed by atoms with Crippen molar-refractivity contribution < 1.29 is 24.2 Å². The van der Waals surface area contributed by atoms with E-state index in [2.05, 4.69) is 0 Å². The van der Waals surface area contributed by atoms with Crippen LogP contribution in [0, 0.1) is 5.92 Å². The highest BCUT2D eigenvalue weighted by Crippen LogP contribution is 2.36. The number of hydrogen-bond donors (Lipinski definition) is 1. The fourth-order valence-corrected chi connectivity index (χ4v) is 2.57. The standard InChI is InChI=1S/C16H18O5/c1-4-13(17)14-12(16(19)21-3)7-9-5-6-10(20-2)8-11(9)15(14)18/h5-6,8,12,18H,4,7H2,1-3H3. The molecule has 5 nitrogen and oxygen atoms in total. The number of ether oxygens (including phenoxy) is 2. The van der Waals surface area contributed by atoms with Crippen molar-refractivity contribution in [3.05, 3.63) is 34.9 Å². The molecule has 5 heteroatoms. The van der Waals surface area contributed by atoms with Gasteiger partial charge in [-0.05, 0) is 24.1 Å². The van der Waals surface area contributed by atoms with Gasteiger partial charge in [0.1, 0.15) is 11.5 Å². The molecule has 0 spiro atoms. The first-order valence-corrected chi connectivity index (χ1v) is 6.74. The molecule has 0 heterocycles. The predicted molar refractivity (Wildman–Crippen MR) is 77.1 cm³/mol. The van der Waals surface area contributed by atoms with Gasteiger partial charge in [0.25, 0.3) is 0 Å². The molecule has 1 N–H and O–H groups in total. The molecular formula is C16H18O5. The maximum atomic E-state index is 12.1. The number of benzene rings is 1. The van der Waals surface area contributed by atoms with Crippen LogP contribution < -0.4 is 4.74 Å². The molecule has 1 atom stereocenters. The number of carbonyl (C=O) groups is 2. The monoisotopic (exact) mass is 290 g/mol. The molecular weight excluding hydrogens is 272 g/mol. The van der Waals surface area contributed by atoms with E-state index in [4.69, 9.17) is 9.47 Å². The van der Waals surface area contributed by atoms with Crippen LogP contribution in [0.25, 0.3) is 5.76 Å². The highest BCUT2D eigenvalue weighted by atomic mass is 16.5. The number of fused-ring (bicyclic) bond motifs is 1. The number of aliphatic hydroxyl groups excluding tert-OH is 1. The van der Waals surface area contributed by atoms with E-state index in [1.54, 1.807) is 25.1 Å².